The van der Waals surface area contributed by atoms with E-state index in [-0.39, 0.29) is 11.7 Å². The predicted octanol–water partition coefficient (Wildman–Crippen LogP) is 6.03. The number of fused-ring (bicyclic) bond motifs is 1. The molecule has 0 spiro atoms. The summed E-state index contributed by atoms with van der Waals surface area (Å²) in [5.41, 5.74) is 2.42. The number of anilines is 1. The van der Waals surface area contributed by atoms with Crippen molar-refractivity contribution in [3.63, 3.8) is 0 Å². The number of hydrogen-bond acceptors (Lipinski definition) is 6. The zero-order chi connectivity index (χ0) is 23.7. The van der Waals surface area contributed by atoms with Gasteiger partial charge in [-0.1, -0.05) is 18.2 Å². The number of carbonyl (C=O) groups is 2. The topological polar surface area (TPSA) is 92.1 Å². The first kappa shape index (κ1) is 21.8. The molecule has 0 unspecified atom stereocenters. The van der Waals surface area contributed by atoms with Crippen molar-refractivity contribution < 1.29 is 14.3 Å². The largest absolute Gasteiger partial charge is 0.457 e. The van der Waals surface area contributed by atoms with Gasteiger partial charge in [-0.15, -0.1) is 11.3 Å². The highest BCUT2D eigenvalue weighted by Gasteiger charge is 2.45. The van der Waals surface area contributed by atoms with Crippen molar-refractivity contribution in [1.29, 1.82) is 5.26 Å². The van der Waals surface area contributed by atoms with Gasteiger partial charge in [0.2, 0.25) is 0 Å². The highest BCUT2D eigenvalue weighted by Crippen LogP contribution is 2.47. The van der Waals surface area contributed by atoms with Gasteiger partial charge in [0.15, 0.2) is 0 Å². The Morgan fingerprint density at radius 3 is 2.65 bits per heavy atom. The number of nitriles is 1. The lowest BCUT2D eigenvalue weighted by Crippen LogP contribution is -2.13. The minimum absolute atomic E-state index is 0.0817. The molecule has 1 amide bonds. The van der Waals surface area contributed by atoms with Crippen LogP contribution in [0.2, 0.25) is 0 Å². The van der Waals surface area contributed by atoms with Gasteiger partial charge in [-0.2, -0.15) is 5.26 Å². The van der Waals surface area contributed by atoms with Crippen LogP contribution in [0.1, 0.15) is 40.7 Å². The summed E-state index contributed by atoms with van der Waals surface area (Å²) in [6.07, 6.45) is 2.00. The van der Waals surface area contributed by atoms with Gasteiger partial charge in [0.25, 0.3) is 5.91 Å². The molecule has 4 aromatic rings. The third-order valence-electron chi connectivity index (χ3n) is 5.77. The second-order valence-corrected chi connectivity index (χ2v) is 9.59. The first-order chi connectivity index (χ1) is 16.4. The molecule has 0 saturated heterocycles. The van der Waals surface area contributed by atoms with E-state index in [0.717, 1.165) is 33.6 Å². The molecule has 1 saturated carbocycles. The van der Waals surface area contributed by atoms with E-state index >= 15 is 0 Å². The van der Waals surface area contributed by atoms with Crippen molar-refractivity contribution >= 4 is 38.9 Å². The van der Waals surface area contributed by atoms with Crippen molar-refractivity contribution in [2.45, 2.75) is 31.6 Å². The zero-order valence-electron chi connectivity index (χ0n) is 18.5. The van der Waals surface area contributed by atoms with Crippen LogP contribution in [0.25, 0.3) is 10.2 Å². The van der Waals surface area contributed by atoms with Crippen LogP contribution in [0, 0.1) is 11.3 Å². The Morgan fingerprint density at radius 2 is 1.88 bits per heavy atom. The Morgan fingerprint density at radius 1 is 1.09 bits per heavy atom. The summed E-state index contributed by atoms with van der Waals surface area (Å²) in [5, 5.41) is 13.1. The van der Waals surface area contributed by atoms with Crippen LogP contribution in [0.15, 0.2) is 66.7 Å². The number of ether oxygens (including phenoxy) is 1. The molecular formula is C27H21N3O3S. The molecular weight excluding hydrogens is 446 g/mol. The number of carbonyl (C=O) groups excluding carboxylic acids is 2. The highest BCUT2D eigenvalue weighted by molar-refractivity contribution is 7.18. The summed E-state index contributed by atoms with van der Waals surface area (Å²) in [7, 11) is 0. The van der Waals surface area contributed by atoms with E-state index in [9.17, 15) is 14.9 Å². The molecule has 6 nitrogen and oxygen atoms in total. The minimum Gasteiger partial charge on any atom is -0.457 e. The number of hydrogen-bond donors (Lipinski definition) is 1. The Bertz CT molecular complexity index is 1460. The second kappa shape index (κ2) is 8.73. The average Bonchev–Trinajstić information content (AvgIpc) is 3.53. The summed E-state index contributed by atoms with van der Waals surface area (Å²) in [5.74, 6) is 1.07. The maximum Gasteiger partial charge on any atom is 0.255 e. The fourth-order valence-corrected chi connectivity index (χ4v) is 4.90. The van der Waals surface area contributed by atoms with E-state index in [2.05, 4.69) is 16.4 Å². The van der Waals surface area contributed by atoms with Gasteiger partial charge < -0.3 is 10.1 Å². The zero-order valence-corrected chi connectivity index (χ0v) is 19.3. The van der Waals surface area contributed by atoms with E-state index < -0.39 is 5.41 Å². The number of rotatable bonds is 7. The molecule has 34 heavy (non-hydrogen) atoms. The molecule has 0 atom stereocenters. The van der Waals surface area contributed by atoms with Crippen molar-refractivity contribution in [1.82, 2.24) is 4.98 Å². The standard InChI is InChI=1S/C27H21N3O3S/c1-17(31)12-25-30-23-9-8-22(15-24(23)34-25)33-21-7-3-6-20(14-21)29-26(32)18-4-2-5-19(13-18)27(16-28)10-11-27/h2-9,13-15H,10-12H2,1H3,(H,29,32). The Balaban J connectivity index is 1.30. The van der Waals surface area contributed by atoms with Crippen molar-refractivity contribution in [2.24, 2.45) is 0 Å². The maximum absolute atomic E-state index is 12.8. The van der Waals surface area contributed by atoms with Crippen molar-refractivity contribution in [2.75, 3.05) is 5.32 Å². The molecule has 1 heterocycles. The van der Waals surface area contributed by atoms with E-state index in [4.69, 9.17) is 4.74 Å². The third-order valence-corrected chi connectivity index (χ3v) is 6.79. The summed E-state index contributed by atoms with van der Waals surface area (Å²) in [6, 6.07) is 22.4. The predicted molar refractivity (Wildman–Crippen MR) is 131 cm³/mol. The molecule has 3 aromatic carbocycles. The summed E-state index contributed by atoms with van der Waals surface area (Å²) < 4.78 is 6.96. The smallest absolute Gasteiger partial charge is 0.255 e. The van der Waals surface area contributed by atoms with Crippen LogP contribution >= 0.6 is 11.3 Å². The van der Waals surface area contributed by atoms with Gasteiger partial charge in [0, 0.05) is 23.4 Å². The number of thiazole rings is 1. The van der Waals surface area contributed by atoms with Gasteiger partial charge in [0.1, 0.15) is 22.3 Å². The van der Waals surface area contributed by atoms with Crippen LogP contribution in [0.3, 0.4) is 0 Å². The van der Waals surface area contributed by atoms with Crippen molar-refractivity contribution in [3.05, 3.63) is 82.9 Å². The monoisotopic (exact) mass is 467 g/mol. The highest BCUT2D eigenvalue weighted by atomic mass is 32.1. The van der Waals surface area contributed by atoms with E-state index in [1.807, 2.05) is 42.5 Å². The normalized spacial score (nSPS) is 13.8. The van der Waals surface area contributed by atoms with Crippen LogP contribution in [0.5, 0.6) is 11.5 Å². The van der Waals surface area contributed by atoms with Gasteiger partial charge in [0.05, 0.1) is 28.1 Å². The Labute approximate surface area is 200 Å². The Kier molecular flexibility index (Phi) is 5.60. The van der Waals surface area contributed by atoms with E-state index in [1.165, 1.54) is 11.3 Å². The average molecular weight is 468 g/mol. The number of aromatic nitrogens is 1. The van der Waals surface area contributed by atoms with Crippen LogP contribution in [-0.2, 0) is 16.6 Å². The molecule has 0 bridgehead atoms. The number of benzene rings is 3. The fourth-order valence-electron chi connectivity index (χ4n) is 3.83. The van der Waals surface area contributed by atoms with Gasteiger partial charge in [-0.25, -0.2) is 4.98 Å². The Hall–Kier alpha value is -4.02. The number of nitrogens with zero attached hydrogens (tertiary/aromatic N) is 2. The lowest BCUT2D eigenvalue weighted by molar-refractivity contribution is -0.116. The van der Waals surface area contributed by atoms with Gasteiger partial charge in [-0.05, 0) is 61.7 Å². The number of amides is 1. The summed E-state index contributed by atoms with van der Waals surface area (Å²) >= 11 is 1.48. The molecule has 1 fully saturated rings. The second-order valence-electron chi connectivity index (χ2n) is 8.47. The molecule has 5 rings (SSSR count). The lowest BCUT2D eigenvalue weighted by Gasteiger charge is -2.11. The lowest BCUT2D eigenvalue weighted by atomic mass is 9.96. The molecule has 7 heteroatoms. The van der Waals surface area contributed by atoms with Crippen LogP contribution < -0.4 is 10.1 Å². The molecule has 0 aliphatic heterocycles. The van der Waals surface area contributed by atoms with Gasteiger partial charge >= 0.3 is 0 Å². The molecule has 1 aromatic heterocycles. The quantitative estimate of drug-likeness (QED) is 0.358. The summed E-state index contributed by atoms with van der Waals surface area (Å²) in [4.78, 5) is 28.7. The SMILES string of the molecule is CC(=O)Cc1nc2ccc(Oc3cccc(NC(=O)c4cccc(C5(C#N)CC5)c4)c3)cc2s1. The fraction of sp³-hybridized carbons (Fsp3) is 0.185. The first-order valence-corrected chi connectivity index (χ1v) is 11.8. The maximum atomic E-state index is 12.8. The molecule has 0 radical (unpaired) electrons. The number of ketones is 1. The molecule has 1 N–H and O–H groups in total. The van der Waals surface area contributed by atoms with E-state index in [1.54, 1.807) is 31.2 Å². The molecule has 1 aliphatic carbocycles. The number of nitrogens with one attached hydrogen (secondary N) is 1. The summed E-state index contributed by atoms with van der Waals surface area (Å²) in [6.45, 7) is 1.55. The van der Waals surface area contributed by atoms with Crippen molar-refractivity contribution in [3.8, 4) is 17.6 Å². The van der Waals surface area contributed by atoms with E-state index in [0.29, 0.717) is 29.2 Å². The van der Waals surface area contributed by atoms with Crippen LogP contribution in [0.4, 0.5) is 5.69 Å². The molecule has 168 valence electrons. The van der Waals surface area contributed by atoms with Crippen LogP contribution in [-0.4, -0.2) is 16.7 Å². The first-order valence-electron chi connectivity index (χ1n) is 10.9. The molecule has 1 aliphatic rings. The third kappa shape index (κ3) is 4.54. The minimum atomic E-state index is -0.434. The number of Topliss-reactive ketones (excluding diaryl/α,β-unsaturated/α-hetero) is 1. The van der Waals surface area contributed by atoms with Gasteiger partial charge in [-0.3, -0.25) is 9.59 Å².